The number of carbonyl (C=O) groups excluding carboxylic acids is 2. The van der Waals surface area contributed by atoms with E-state index in [1.54, 1.807) is 24.3 Å². The molecule has 0 unspecified atom stereocenters. The molecule has 7 nitrogen and oxygen atoms in total. The summed E-state index contributed by atoms with van der Waals surface area (Å²) in [5, 5.41) is 5.84. The van der Waals surface area contributed by atoms with Crippen LogP contribution >= 0.6 is 0 Å². The van der Waals surface area contributed by atoms with Crippen LogP contribution in [0.15, 0.2) is 24.3 Å². The molecule has 0 saturated carbocycles. The maximum atomic E-state index is 12.2. The normalized spacial score (nSPS) is 21.3. The van der Waals surface area contributed by atoms with Crippen molar-refractivity contribution in [2.75, 3.05) is 38.7 Å². The lowest BCUT2D eigenvalue weighted by Crippen LogP contribution is -2.47. The van der Waals surface area contributed by atoms with E-state index in [1.165, 1.54) is 13.5 Å². The average Bonchev–Trinajstić information content (AvgIpc) is 3.16. The fourth-order valence-electron chi connectivity index (χ4n) is 3.50. The van der Waals surface area contributed by atoms with Gasteiger partial charge in [-0.25, -0.2) is 9.59 Å². The van der Waals surface area contributed by atoms with E-state index < -0.39 is 5.97 Å². The SMILES string of the molecule is COC(=O)c1ccc(NC(=O)NC2CCN(C[C@@H]3CCCO3)CC2)cc1. The first kappa shape index (κ1) is 18.7. The molecular formula is C19H27N3O4. The van der Waals surface area contributed by atoms with E-state index in [0.29, 0.717) is 17.4 Å². The zero-order valence-electron chi connectivity index (χ0n) is 15.2. The molecule has 26 heavy (non-hydrogen) atoms. The predicted octanol–water partition coefficient (Wildman–Crippen LogP) is 2.24. The van der Waals surface area contributed by atoms with E-state index in [0.717, 1.165) is 45.5 Å². The second-order valence-corrected chi connectivity index (χ2v) is 6.88. The molecule has 0 aliphatic carbocycles. The van der Waals surface area contributed by atoms with Crippen LogP contribution in [0, 0.1) is 0 Å². The smallest absolute Gasteiger partial charge is 0.337 e. The Balaban J connectivity index is 1.39. The Kier molecular flexibility index (Phi) is 6.46. The minimum Gasteiger partial charge on any atom is -0.465 e. The Morgan fingerprint density at radius 3 is 2.54 bits per heavy atom. The van der Waals surface area contributed by atoms with Crippen LogP contribution < -0.4 is 10.6 Å². The Morgan fingerprint density at radius 2 is 1.92 bits per heavy atom. The summed E-state index contributed by atoms with van der Waals surface area (Å²) in [5.41, 5.74) is 1.10. The molecule has 0 radical (unpaired) electrons. The monoisotopic (exact) mass is 361 g/mol. The van der Waals surface area contributed by atoms with Crippen LogP contribution in [0.5, 0.6) is 0 Å². The molecule has 2 aliphatic heterocycles. The topological polar surface area (TPSA) is 79.9 Å². The molecule has 1 atom stereocenters. The quantitative estimate of drug-likeness (QED) is 0.786. The lowest BCUT2D eigenvalue weighted by Gasteiger charge is -2.33. The number of nitrogens with zero attached hydrogens (tertiary/aromatic N) is 1. The third-order valence-electron chi connectivity index (χ3n) is 4.97. The maximum absolute atomic E-state index is 12.2. The summed E-state index contributed by atoms with van der Waals surface area (Å²) >= 11 is 0. The predicted molar refractivity (Wildman–Crippen MR) is 98.4 cm³/mol. The van der Waals surface area contributed by atoms with Crippen molar-refractivity contribution in [3.63, 3.8) is 0 Å². The molecule has 0 aromatic heterocycles. The van der Waals surface area contributed by atoms with Gasteiger partial charge in [0.25, 0.3) is 0 Å². The van der Waals surface area contributed by atoms with Gasteiger partial charge in [0, 0.05) is 38.0 Å². The third kappa shape index (κ3) is 5.19. The highest BCUT2D eigenvalue weighted by molar-refractivity contribution is 5.92. The van der Waals surface area contributed by atoms with Crippen molar-refractivity contribution in [3.8, 4) is 0 Å². The highest BCUT2D eigenvalue weighted by Crippen LogP contribution is 2.17. The minimum atomic E-state index is -0.393. The van der Waals surface area contributed by atoms with Crippen LogP contribution in [0.3, 0.4) is 0 Å². The summed E-state index contributed by atoms with van der Waals surface area (Å²) in [6.07, 6.45) is 4.61. The number of piperidine rings is 1. The number of ether oxygens (including phenoxy) is 2. The van der Waals surface area contributed by atoms with Gasteiger partial charge in [-0.2, -0.15) is 0 Å². The fraction of sp³-hybridized carbons (Fsp3) is 0.579. The summed E-state index contributed by atoms with van der Waals surface area (Å²) in [6.45, 7) is 3.87. The number of nitrogens with one attached hydrogen (secondary N) is 2. The average molecular weight is 361 g/mol. The summed E-state index contributed by atoms with van der Waals surface area (Å²) in [5.74, 6) is -0.393. The van der Waals surface area contributed by atoms with Gasteiger partial charge < -0.3 is 25.0 Å². The van der Waals surface area contributed by atoms with Gasteiger partial charge >= 0.3 is 12.0 Å². The molecule has 1 aromatic rings. The van der Waals surface area contributed by atoms with Crippen LogP contribution in [-0.2, 0) is 9.47 Å². The molecule has 2 fully saturated rings. The Hall–Kier alpha value is -2.12. The standard InChI is InChI=1S/C19H27N3O4/c1-25-18(23)14-4-6-15(7-5-14)20-19(24)21-16-8-10-22(11-9-16)13-17-3-2-12-26-17/h4-7,16-17H,2-3,8-13H2,1H3,(H2,20,21,24)/t17-/m0/s1. The zero-order chi connectivity index (χ0) is 18.4. The van der Waals surface area contributed by atoms with E-state index in [-0.39, 0.29) is 12.1 Å². The number of anilines is 1. The molecule has 142 valence electrons. The van der Waals surface area contributed by atoms with Gasteiger partial charge in [0.2, 0.25) is 0 Å². The molecule has 3 rings (SSSR count). The van der Waals surface area contributed by atoms with Crippen molar-refractivity contribution in [2.45, 2.75) is 37.8 Å². The first-order chi connectivity index (χ1) is 12.6. The number of benzene rings is 1. The molecular weight excluding hydrogens is 334 g/mol. The number of carbonyl (C=O) groups is 2. The number of esters is 1. The second kappa shape index (κ2) is 9.00. The maximum Gasteiger partial charge on any atom is 0.337 e. The van der Waals surface area contributed by atoms with Crippen LogP contribution in [-0.4, -0.2) is 62.4 Å². The van der Waals surface area contributed by atoms with Gasteiger partial charge in [0.15, 0.2) is 0 Å². The van der Waals surface area contributed by atoms with E-state index in [2.05, 4.69) is 20.3 Å². The lowest BCUT2D eigenvalue weighted by atomic mass is 10.0. The van der Waals surface area contributed by atoms with E-state index in [4.69, 9.17) is 4.74 Å². The van der Waals surface area contributed by atoms with Gasteiger partial charge in [-0.05, 0) is 49.9 Å². The molecule has 2 amide bonds. The molecule has 2 saturated heterocycles. The van der Waals surface area contributed by atoms with E-state index >= 15 is 0 Å². The Bertz CT molecular complexity index is 606. The largest absolute Gasteiger partial charge is 0.465 e. The van der Waals surface area contributed by atoms with Crippen molar-refractivity contribution < 1.29 is 19.1 Å². The number of hydrogen-bond donors (Lipinski definition) is 2. The Labute approximate surface area is 154 Å². The summed E-state index contributed by atoms with van der Waals surface area (Å²) in [4.78, 5) is 26.0. The molecule has 2 N–H and O–H groups in total. The lowest BCUT2D eigenvalue weighted by molar-refractivity contribution is 0.0600. The van der Waals surface area contributed by atoms with Crippen LogP contribution in [0.4, 0.5) is 10.5 Å². The third-order valence-corrected chi connectivity index (χ3v) is 4.97. The number of amides is 2. The summed E-state index contributed by atoms with van der Waals surface area (Å²) in [7, 11) is 1.34. The fourth-order valence-corrected chi connectivity index (χ4v) is 3.50. The van der Waals surface area contributed by atoms with Crippen LogP contribution in [0.1, 0.15) is 36.0 Å². The van der Waals surface area contributed by atoms with E-state index in [1.807, 2.05) is 0 Å². The van der Waals surface area contributed by atoms with Gasteiger partial charge in [0.05, 0.1) is 18.8 Å². The van der Waals surface area contributed by atoms with Crippen molar-refractivity contribution in [2.24, 2.45) is 0 Å². The molecule has 2 aliphatic rings. The van der Waals surface area contributed by atoms with Gasteiger partial charge in [0.1, 0.15) is 0 Å². The number of rotatable bonds is 5. The van der Waals surface area contributed by atoms with Crippen molar-refractivity contribution in [3.05, 3.63) is 29.8 Å². The van der Waals surface area contributed by atoms with Crippen LogP contribution in [0.25, 0.3) is 0 Å². The number of methoxy groups -OCH3 is 1. The molecule has 7 heteroatoms. The molecule has 2 heterocycles. The van der Waals surface area contributed by atoms with Crippen molar-refractivity contribution in [1.29, 1.82) is 0 Å². The highest BCUT2D eigenvalue weighted by atomic mass is 16.5. The summed E-state index contributed by atoms with van der Waals surface area (Å²) in [6, 6.07) is 6.61. The Morgan fingerprint density at radius 1 is 1.19 bits per heavy atom. The first-order valence-electron chi connectivity index (χ1n) is 9.24. The number of likely N-dealkylation sites (tertiary alicyclic amines) is 1. The molecule has 0 bridgehead atoms. The number of urea groups is 1. The summed E-state index contributed by atoms with van der Waals surface area (Å²) < 4.78 is 10.4. The van der Waals surface area contributed by atoms with Gasteiger partial charge in [-0.1, -0.05) is 0 Å². The first-order valence-corrected chi connectivity index (χ1v) is 9.24. The molecule has 1 aromatic carbocycles. The molecule has 0 spiro atoms. The van der Waals surface area contributed by atoms with Gasteiger partial charge in [-0.15, -0.1) is 0 Å². The van der Waals surface area contributed by atoms with Crippen molar-refractivity contribution in [1.82, 2.24) is 10.2 Å². The highest BCUT2D eigenvalue weighted by Gasteiger charge is 2.24. The van der Waals surface area contributed by atoms with Gasteiger partial charge in [-0.3, -0.25) is 0 Å². The number of hydrogen-bond acceptors (Lipinski definition) is 5. The second-order valence-electron chi connectivity index (χ2n) is 6.88. The minimum absolute atomic E-state index is 0.185. The van der Waals surface area contributed by atoms with E-state index in [9.17, 15) is 9.59 Å². The zero-order valence-corrected chi connectivity index (χ0v) is 15.2. The van der Waals surface area contributed by atoms with Crippen molar-refractivity contribution >= 4 is 17.7 Å². The van der Waals surface area contributed by atoms with Crippen LogP contribution in [0.2, 0.25) is 0 Å².